The van der Waals surface area contributed by atoms with Crippen LogP contribution in [0.3, 0.4) is 0 Å². The molecule has 0 unspecified atom stereocenters. The van der Waals surface area contributed by atoms with E-state index < -0.39 is 6.67 Å². The summed E-state index contributed by atoms with van der Waals surface area (Å²) in [5.74, 6) is 2.05. The van der Waals surface area contributed by atoms with Gasteiger partial charge in [-0.25, -0.2) is 4.39 Å². The lowest BCUT2D eigenvalue weighted by atomic mass is 10.1. The van der Waals surface area contributed by atoms with Crippen LogP contribution in [0.4, 0.5) is 4.39 Å². The summed E-state index contributed by atoms with van der Waals surface area (Å²) in [6.45, 7) is -0.373. The molecule has 1 heterocycles. The van der Waals surface area contributed by atoms with E-state index in [1.54, 1.807) is 6.08 Å². The number of thioether (sulfide) groups is 1. The van der Waals surface area contributed by atoms with Crippen molar-refractivity contribution in [2.24, 2.45) is 0 Å². The van der Waals surface area contributed by atoms with Gasteiger partial charge in [0, 0.05) is 12.6 Å². The smallest absolute Gasteiger partial charge is 0.244 e. The highest BCUT2D eigenvalue weighted by Crippen LogP contribution is 2.21. The maximum absolute atomic E-state index is 11.7. The Labute approximate surface area is 82.0 Å². The van der Waals surface area contributed by atoms with E-state index in [4.69, 9.17) is 0 Å². The fourth-order valence-corrected chi connectivity index (χ4v) is 2.20. The second-order valence-corrected chi connectivity index (χ2v) is 4.12. The largest absolute Gasteiger partial charge is 0.350 e. The second-order valence-electron chi connectivity index (χ2n) is 2.89. The molecule has 1 rings (SSSR count). The van der Waals surface area contributed by atoms with E-state index in [0.717, 1.165) is 24.3 Å². The molecule has 0 bridgehead atoms. The molecule has 74 valence electrons. The summed E-state index contributed by atoms with van der Waals surface area (Å²) in [6.07, 6.45) is 3.61. The van der Waals surface area contributed by atoms with E-state index in [-0.39, 0.29) is 12.5 Å². The Morgan fingerprint density at radius 3 is 2.85 bits per heavy atom. The summed E-state index contributed by atoms with van der Waals surface area (Å²) in [6, 6.07) is 0. The number of carbonyl (C=O) groups excluding carboxylic acids is 1. The minimum absolute atomic E-state index is 0.122. The first-order valence-corrected chi connectivity index (χ1v) is 5.59. The Hall–Kier alpha value is -0.510. The number of amides is 1. The number of alkyl halides is 1. The Kier molecular flexibility index (Phi) is 4.90. The number of hydrogen-bond donors (Lipinski definition) is 1. The lowest BCUT2D eigenvalue weighted by Crippen LogP contribution is -2.24. The van der Waals surface area contributed by atoms with Crippen molar-refractivity contribution >= 4 is 17.7 Å². The van der Waals surface area contributed by atoms with Gasteiger partial charge in [0.1, 0.15) is 6.67 Å². The fraction of sp³-hybridized carbons (Fsp3) is 0.667. The summed E-state index contributed by atoms with van der Waals surface area (Å²) in [5.41, 5.74) is 1.19. The summed E-state index contributed by atoms with van der Waals surface area (Å²) < 4.78 is 11.7. The zero-order chi connectivity index (χ0) is 9.52. The van der Waals surface area contributed by atoms with Crippen LogP contribution in [0, 0.1) is 0 Å². The Bertz CT molecular complexity index is 198. The van der Waals surface area contributed by atoms with Gasteiger partial charge in [0.2, 0.25) is 5.91 Å². The number of allylic oxidation sites excluding steroid dienone is 1. The third-order valence-electron chi connectivity index (χ3n) is 1.86. The number of hydrogen-bond acceptors (Lipinski definition) is 2. The molecule has 1 amide bonds. The molecule has 1 aliphatic rings. The van der Waals surface area contributed by atoms with Gasteiger partial charge in [-0.1, -0.05) is 5.57 Å². The van der Waals surface area contributed by atoms with Crippen molar-refractivity contribution in [2.45, 2.75) is 12.8 Å². The normalized spacial score (nSPS) is 16.8. The van der Waals surface area contributed by atoms with E-state index in [1.807, 2.05) is 11.8 Å². The maximum atomic E-state index is 11.7. The zero-order valence-corrected chi connectivity index (χ0v) is 8.33. The lowest BCUT2D eigenvalue weighted by Gasteiger charge is -2.12. The van der Waals surface area contributed by atoms with Crippen molar-refractivity contribution in [3.05, 3.63) is 11.6 Å². The number of carbonyl (C=O) groups is 1. The van der Waals surface area contributed by atoms with E-state index in [2.05, 4.69) is 5.32 Å². The van der Waals surface area contributed by atoms with Crippen LogP contribution in [-0.4, -0.2) is 30.6 Å². The van der Waals surface area contributed by atoms with Crippen molar-refractivity contribution in [1.29, 1.82) is 0 Å². The van der Waals surface area contributed by atoms with E-state index in [0.29, 0.717) is 0 Å². The van der Waals surface area contributed by atoms with E-state index >= 15 is 0 Å². The molecule has 0 aromatic rings. The molecule has 13 heavy (non-hydrogen) atoms. The van der Waals surface area contributed by atoms with Crippen LogP contribution in [-0.2, 0) is 4.79 Å². The average Bonchev–Trinajstić information content (AvgIpc) is 2.16. The highest BCUT2D eigenvalue weighted by atomic mass is 32.2. The van der Waals surface area contributed by atoms with E-state index in [1.165, 1.54) is 5.57 Å². The zero-order valence-electron chi connectivity index (χ0n) is 7.51. The minimum Gasteiger partial charge on any atom is -0.350 e. The molecule has 0 aromatic carbocycles. The molecule has 0 aromatic heterocycles. The van der Waals surface area contributed by atoms with Crippen molar-refractivity contribution in [1.82, 2.24) is 5.32 Å². The molecule has 0 saturated carbocycles. The molecule has 0 atom stereocenters. The van der Waals surface area contributed by atoms with Crippen molar-refractivity contribution in [2.75, 3.05) is 24.7 Å². The second kappa shape index (κ2) is 6.02. The molecule has 1 saturated heterocycles. The van der Waals surface area contributed by atoms with Gasteiger partial charge in [-0.3, -0.25) is 4.79 Å². The summed E-state index contributed by atoms with van der Waals surface area (Å²) >= 11 is 1.91. The maximum Gasteiger partial charge on any atom is 0.244 e. The fourth-order valence-electron chi connectivity index (χ4n) is 1.18. The first-order chi connectivity index (χ1) is 6.33. The lowest BCUT2D eigenvalue weighted by molar-refractivity contribution is -0.116. The van der Waals surface area contributed by atoms with Gasteiger partial charge in [-0.15, -0.1) is 0 Å². The highest BCUT2D eigenvalue weighted by Gasteiger charge is 2.06. The molecule has 0 spiro atoms. The van der Waals surface area contributed by atoms with E-state index in [9.17, 15) is 9.18 Å². The molecule has 1 fully saturated rings. The number of halogens is 1. The first-order valence-electron chi connectivity index (χ1n) is 4.44. The van der Waals surface area contributed by atoms with Gasteiger partial charge < -0.3 is 5.32 Å². The van der Waals surface area contributed by atoms with Gasteiger partial charge in [0.15, 0.2) is 0 Å². The Morgan fingerprint density at radius 2 is 2.23 bits per heavy atom. The standard InChI is InChI=1S/C9H14FNOS/c10-3-4-11-9(12)7-8-1-5-13-6-2-8/h7H,1-6H2,(H,11,12). The summed E-state index contributed by atoms with van der Waals surface area (Å²) in [4.78, 5) is 11.1. The molecule has 4 heteroatoms. The van der Waals surface area contributed by atoms with Gasteiger partial charge in [0.05, 0.1) is 0 Å². The third kappa shape index (κ3) is 4.31. The molecular formula is C9H14FNOS. The van der Waals surface area contributed by atoms with Gasteiger partial charge in [0.25, 0.3) is 0 Å². The SMILES string of the molecule is O=C(C=C1CCSCC1)NCCF. The van der Waals surface area contributed by atoms with Crippen LogP contribution in [0.1, 0.15) is 12.8 Å². The van der Waals surface area contributed by atoms with Crippen molar-refractivity contribution in [3.8, 4) is 0 Å². The van der Waals surface area contributed by atoms with Crippen molar-refractivity contribution in [3.63, 3.8) is 0 Å². The van der Waals surface area contributed by atoms with Crippen LogP contribution in [0.5, 0.6) is 0 Å². The van der Waals surface area contributed by atoms with Gasteiger partial charge in [-0.2, -0.15) is 11.8 Å². The monoisotopic (exact) mass is 203 g/mol. The number of nitrogens with one attached hydrogen (secondary N) is 1. The number of rotatable bonds is 3. The first kappa shape index (κ1) is 10.6. The average molecular weight is 203 g/mol. The van der Waals surface area contributed by atoms with Crippen molar-refractivity contribution < 1.29 is 9.18 Å². The molecule has 1 N–H and O–H groups in total. The van der Waals surface area contributed by atoms with Crippen LogP contribution >= 0.6 is 11.8 Å². The van der Waals surface area contributed by atoms with Crippen LogP contribution < -0.4 is 5.32 Å². The van der Waals surface area contributed by atoms with Crippen LogP contribution in [0.2, 0.25) is 0 Å². The third-order valence-corrected chi connectivity index (χ3v) is 2.85. The Morgan fingerprint density at radius 1 is 1.54 bits per heavy atom. The quantitative estimate of drug-likeness (QED) is 0.705. The summed E-state index contributed by atoms with van der Waals surface area (Å²) in [7, 11) is 0. The van der Waals surface area contributed by atoms with Gasteiger partial charge in [-0.05, 0) is 24.3 Å². The molecule has 0 aliphatic carbocycles. The Balaban J connectivity index is 2.30. The molecular weight excluding hydrogens is 189 g/mol. The predicted octanol–water partition coefficient (Wildman–Crippen LogP) is 1.53. The predicted molar refractivity (Wildman–Crippen MR) is 53.6 cm³/mol. The summed E-state index contributed by atoms with van der Waals surface area (Å²) in [5, 5.41) is 2.48. The molecule has 0 radical (unpaired) electrons. The highest BCUT2D eigenvalue weighted by molar-refractivity contribution is 7.99. The molecule has 1 aliphatic heterocycles. The van der Waals surface area contributed by atoms with Crippen LogP contribution in [0.15, 0.2) is 11.6 Å². The topological polar surface area (TPSA) is 29.1 Å². The molecule has 2 nitrogen and oxygen atoms in total. The van der Waals surface area contributed by atoms with Crippen LogP contribution in [0.25, 0.3) is 0 Å². The minimum atomic E-state index is -0.495. The van der Waals surface area contributed by atoms with Gasteiger partial charge >= 0.3 is 0 Å².